The summed E-state index contributed by atoms with van der Waals surface area (Å²) < 4.78 is 2.02. The van der Waals surface area contributed by atoms with Crippen LogP contribution in [0.5, 0.6) is 0 Å². The maximum absolute atomic E-state index is 12.6. The van der Waals surface area contributed by atoms with E-state index in [1.165, 1.54) is 0 Å². The summed E-state index contributed by atoms with van der Waals surface area (Å²) in [5.41, 5.74) is 2.41. The van der Waals surface area contributed by atoms with Crippen LogP contribution in [0.3, 0.4) is 0 Å². The lowest BCUT2D eigenvalue weighted by molar-refractivity contribution is -0.140. The molecule has 3 heterocycles. The third-order valence-corrected chi connectivity index (χ3v) is 4.90. The molecule has 1 fully saturated rings. The third kappa shape index (κ3) is 3.57. The van der Waals surface area contributed by atoms with Crippen molar-refractivity contribution in [3.8, 4) is 11.4 Å². The van der Waals surface area contributed by atoms with Gasteiger partial charge in [-0.15, -0.1) is 0 Å². The molecule has 134 valence electrons. The molecule has 3 rings (SSSR count). The zero-order valence-corrected chi connectivity index (χ0v) is 15.8. The molecular weight excluding hydrogens is 314 g/mol. The van der Waals surface area contributed by atoms with Crippen LogP contribution in [0.25, 0.3) is 11.4 Å². The van der Waals surface area contributed by atoms with Crippen molar-refractivity contribution in [3.63, 3.8) is 0 Å². The summed E-state index contributed by atoms with van der Waals surface area (Å²) in [6.45, 7) is 9.45. The second kappa shape index (κ2) is 6.58. The summed E-state index contributed by atoms with van der Waals surface area (Å²) in [4.78, 5) is 28.2. The molecule has 0 aromatic carbocycles. The van der Waals surface area contributed by atoms with Crippen LogP contribution in [0.1, 0.15) is 51.0 Å². The van der Waals surface area contributed by atoms with Gasteiger partial charge < -0.3 is 9.47 Å². The number of aromatic nitrogens is 4. The van der Waals surface area contributed by atoms with Crippen molar-refractivity contribution in [2.75, 3.05) is 13.1 Å². The van der Waals surface area contributed by atoms with E-state index in [9.17, 15) is 4.79 Å². The van der Waals surface area contributed by atoms with Crippen molar-refractivity contribution < 1.29 is 4.79 Å². The van der Waals surface area contributed by atoms with E-state index in [0.29, 0.717) is 0 Å². The van der Waals surface area contributed by atoms with E-state index in [0.717, 1.165) is 48.8 Å². The summed E-state index contributed by atoms with van der Waals surface area (Å²) in [6, 6.07) is 0. The molecule has 1 amide bonds. The maximum atomic E-state index is 12.6. The number of nitrogens with zero attached hydrogens (tertiary/aromatic N) is 5. The van der Waals surface area contributed by atoms with Gasteiger partial charge in [0.05, 0.1) is 23.8 Å². The number of hydrogen-bond acceptors (Lipinski definition) is 4. The zero-order valence-electron chi connectivity index (χ0n) is 15.8. The van der Waals surface area contributed by atoms with E-state index in [4.69, 9.17) is 4.98 Å². The SMILES string of the molecule is Cc1ncc(-c2cncc([C@@H]3CCCN(C(=O)C(C)(C)C)C3)n2)n1C. The highest BCUT2D eigenvalue weighted by atomic mass is 16.2. The van der Waals surface area contributed by atoms with Gasteiger partial charge >= 0.3 is 0 Å². The number of carbonyl (C=O) groups excluding carboxylic acids is 1. The Morgan fingerprint density at radius 3 is 2.64 bits per heavy atom. The first kappa shape index (κ1) is 17.6. The quantitative estimate of drug-likeness (QED) is 0.842. The lowest BCUT2D eigenvalue weighted by atomic mass is 9.90. The number of hydrogen-bond donors (Lipinski definition) is 0. The van der Waals surface area contributed by atoms with Gasteiger partial charge in [0.2, 0.25) is 5.91 Å². The van der Waals surface area contributed by atoms with Crippen LogP contribution in [-0.4, -0.2) is 43.4 Å². The minimum absolute atomic E-state index is 0.212. The molecule has 1 aliphatic heterocycles. The summed E-state index contributed by atoms with van der Waals surface area (Å²) in [5.74, 6) is 1.40. The van der Waals surface area contributed by atoms with Crippen molar-refractivity contribution in [3.05, 3.63) is 30.1 Å². The molecule has 2 aromatic rings. The normalized spacial score (nSPS) is 18.4. The largest absolute Gasteiger partial charge is 0.342 e. The second-order valence-corrected chi connectivity index (χ2v) is 7.92. The smallest absolute Gasteiger partial charge is 0.227 e. The van der Waals surface area contributed by atoms with E-state index < -0.39 is 0 Å². The Morgan fingerprint density at radius 1 is 1.24 bits per heavy atom. The van der Waals surface area contributed by atoms with Crippen LogP contribution in [0.4, 0.5) is 0 Å². The monoisotopic (exact) mass is 341 g/mol. The highest BCUT2D eigenvalue weighted by Gasteiger charge is 2.32. The minimum Gasteiger partial charge on any atom is -0.342 e. The lowest BCUT2D eigenvalue weighted by Crippen LogP contribution is -2.44. The number of imidazole rings is 1. The molecule has 25 heavy (non-hydrogen) atoms. The number of aryl methyl sites for hydroxylation is 1. The molecular formula is C19H27N5O. The number of carbonyl (C=O) groups is 1. The van der Waals surface area contributed by atoms with Crippen LogP contribution in [0.15, 0.2) is 18.6 Å². The molecule has 0 aliphatic carbocycles. The standard InChI is InChI=1S/C19H27N5O/c1-13-21-11-17(23(13)5)16-10-20-9-15(22-16)14-7-6-8-24(12-14)18(25)19(2,3)4/h9-11,14H,6-8,12H2,1-5H3/t14-/m1/s1. The van der Waals surface area contributed by atoms with Crippen LogP contribution >= 0.6 is 0 Å². The van der Waals surface area contributed by atoms with E-state index >= 15 is 0 Å². The van der Waals surface area contributed by atoms with Gasteiger partial charge in [-0.3, -0.25) is 9.78 Å². The molecule has 1 saturated heterocycles. The van der Waals surface area contributed by atoms with Gasteiger partial charge in [0, 0.05) is 37.7 Å². The summed E-state index contributed by atoms with van der Waals surface area (Å²) in [6.07, 6.45) is 7.49. The summed E-state index contributed by atoms with van der Waals surface area (Å²) >= 11 is 0. The fraction of sp³-hybridized carbons (Fsp3) is 0.579. The Labute approximate surface area is 149 Å². The van der Waals surface area contributed by atoms with Crippen molar-refractivity contribution >= 4 is 5.91 Å². The van der Waals surface area contributed by atoms with Gasteiger partial charge in [-0.05, 0) is 19.8 Å². The molecule has 0 N–H and O–H groups in total. The van der Waals surface area contributed by atoms with Crippen LogP contribution in [-0.2, 0) is 11.8 Å². The predicted molar refractivity (Wildman–Crippen MR) is 97.0 cm³/mol. The van der Waals surface area contributed by atoms with E-state index in [1.807, 2.05) is 56.6 Å². The molecule has 0 unspecified atom stereocenters. The second-order valence-electron chi connectivity index (χ2n) is 7.92. The first-order valence-electron chi connectivity index (χ1n) is 8.87. The number of rotatable bonds is 2. The third-order valence-electron chi connectivity index (χ3n) is 4.90. The average molecular weight is 341 g/mol. The molecule has 6 nitrogen and oxygen atoms in total. The molecule has 0 bridgehead atoms. The fourth-order valence-corrected chi connectivity index (χ4v) is 3.32. The zero-order chi connectivity index (χ0) is 18.2. The highest BCUT2D eigenvalue weighted by molar-refractivity contribution is 5.81. The average Bonchev–Trinajstić information content (AvgIpc) is 2.93. The first-order chi connectivity index (χ1) is 11.8. The summed E-state index contributed by atoms with van der Waals surface area (Å²) in [7, 11) is 1.98. The van der Waals surface area contributed by atoms with Crippen LogP contribution in [0, 0.1) is 12.3 Å². The fourth-order valence-electron chi connectivity index (χ4n) is 3.32. The van der Waals surface area contributed by atoms with Crippen LogP contribution < -0.4 is 0 Å². The molecule has 0 saturated carbocycles. The predicted octanol–water partition coefficient (Wildman–Crippen LogP) is 2.94. The van der Waals surface area contributed by atoms with Crippen molar-refractivity contribution in [2.24, 2.45) is 12.5 Å². The maximum Gasteiger partial charge on any atom is 0.227 e. The highest BCUT2D eigenvalue weighted by Crippen LogP contribution is 2.29. The number of amides is 1. The van der Waals surface area contributed by atoms with Gasteiger partial charge in [0.15, 0.2) is 0 Å². The Hall–Kier alpha value is -2.24. The molecule has 0 spiro atoms. The van der Waals surface area contributed by atoms with E-state index in [-0.39, 0.29) is 17.2 Å². The van der Waals surface area contributed by atoms with Gasteiger partial charge in [-0.1, -0.05) is 20.8 Å². The topological polar surface area (TPSA) is 63.9 Å². The Morgan fingerprint density at radius 2 is 2.00 bits per heavy atom. The first-order valence-corrected chi connectivity index (χ1v) is 8.87. The molecule has 0 radical (unpaired) electrons. The molecule has 1 atom stereocenters. The number of likely N-dealkylation sites (tertiary alicyclic amines) is 1. The van der Waals surface area contributed by atoms with Gasteiger partial charge in [0.1, 0.15) is 11.5 Å². The Bertz CT molecular complexity index is 774. The van der Waals surface area contributed by atoms with Crippen LogP contribution in [0.2, 0.25) is 0 Å². The van der Waals surface area contributed by atoms with Crippen molar-refractivity contribution in [1.82, 2.24) is 24.4 Å². The van der Waals surface area contributed by atoms with Gasteiger partial charge in [0.25, 0.3) is 0 Å². The minimum atomic E-state index is -0.346. The Balaban J connectivity index is 1.83. The van der Waals surface area contributed by atoms with Gasteiger partial charge in [-0.2, -0.15) is 0 Å². The van der Waals surface area contributed by atoms with E-state index in [1.54, 1.807) is 6.20 Å². The molecule has 2 aromatic heterocycles. The Kier molecular flexibility index (Phi) is 4.62. The number of piperidine rings is 1. The van der Waals surface area contributed by atoms with Crippen molar-refractivity contribution in [1.29, 1.82) is 0 Å². The lowest BCUT2D eigenvalue weighted by Gasteiger charge is -2.36. The van der Waals surface area contributed by atoms with Gasteiger partial charge in [-0.25, -0.2) is 9.97 Å². The summed E-state index contributed by atoms with van der Waals surface area (Å²) in [5, 5.41) is 0. The van der Waals surface area contributed by atoms with Crippen molar-refractivity contribution in [2.45, 2.75) is 46.5 Å². The molecule has 1 aliphatic rings. The van der Waals surface area contributed by atoms with E-state index in [2.05, 4.69) is 9.97 Å². The molecule has 6 heteroatoms.